The summed E-state index contributed by atoms with van der Waals surface area (Å²) >= 11 is 5.49. The fourth-order valence-electron chi connectivity index (χ4n) is 1.49. The standard InChI is InChI=1S/C9H12ClN3O3S/c10-9-11-4-8(5-12-9)17(14,15)13-3-7-1-2-16-6-7/h4-5,7,13H,1-3,6H2. The minimum atomic E-state index is -3.55. The zero-order valence-electron chi connectivity index (χ0n) is 8.97. The average Bonchev–Trinajstić information content (AvgIpc) is 2.80. The van der Waals surface area contributed by atoms with Crippen LogP contribution in [-0.2, 0) is 14.8 Å². The molecule has 1 unspecified atom stereocenters. The molecule has 8 heteroatoms. The molecule has 94 valence electrons. The largest absolute Gasteiger partial charge is 0.381 e. The van der Waals surface area contributed by atoms with Gasteiger partial charge in [-0.2, -0.15) is 0 Å². The third-order valence-corrected chi connectivity index (χ3v) is 4.07. The third-order valence-electron chi connectivity index (χ3n) is 2.49. The monoisotopic (exact) mass is 277 g/mol. The first-order chi connectivity index (χ1) is 8.08. The summed E-state index contributed by atoms with van der Waals surface area (Å²) in [5.41, 5.74) is 0. The van der Waals surface area contributed by atoms with Crippen LogP contribution >= 0.6 is 11.6 Å². The lowest BCUT2D eigenvalue weighted by Gasteiger charge is -2.09. The number of halogens is 1. The van der Waals surface area contributed by atoms with Crippen LogP contribution in [0.4, 0.5) is 0 Å². The molecule has 1 saturated heterocycles. The van der Waals surface area contributed by atoms with Gasteiger partial charge in [0.1, 0.15) is 4.90 Å². The van der Waals surface area contributed by atoms with E-state index >= 15 is 0 Å². The molecule has 1 fully saturated rings. The Morgan fingerprint density at radius 3 is 2.76 bits per heavy atom. The Morgan fingerprint density at radius 2 is 2.18 bits per heavy atom. The summed E-state index contributed by atoms with van der Waals surface area (Å²) in [7, 11) is -3.55. The van der Waals surface area contributed by atoms with Crippen molar-refractivity contribution < 1.29 is 13.2 Å². The molecule has 0 aromatic carbocycles. The van der Waals surface area contributed by atoms with Crippen molar-refractivity contribution in [1.29, 1.82) is 0 Å². The van der Waals surface area contributed by atoms with Crippen molar-refractivity contribution in [2.45, 2.75) is 11.3 Å². The molecule has 1 aliphatic rings. The van der Waals surface area contributed by atoms with E-state index < -0.39 is 10.0 Å². The number of sulfonamides is 1. The molecule has 0 spiro atoms. The molecule has 1 N–H and O–H groups in total. The van der Waals surface area contributed by atoms with E-state index in [0.717, 1.165) is 6.42 Å². The number of nitrogens with zero attached hydrogens (tertiary/aromatic N) is 2. The number of nitrogens with one attached hydrogen (secondary N) is 1. The van der Waals surface area contributed by atoms with E-state index in [-0.39, 0.29) is 16.1 Å². The van der Waals surface area contributed by atoms with Crippen LogP contribution in [0.15, 0.2) is 17.3 Å². The van der Waals surface area contributed by atoms with E-state index in [2.05, 4.69) is 14.7 Å². The van der Waals surface area contributed by atoms with Gasteiger partial charge in [0.15, 0.2) is 0 Å². The van der Waals surface area contributed by atoms with E-state index in [0.29, 0.717) is 19.8 Å². The molecule has 1 aliphatic heterocycles. The van der Waals surface area contributed by atoms with Crippen LogP contribution in [0.3, 0.4) is 0 Å². The van der Waals surface area contributed by atoms with E-state index in [9.17, 15) is 8.42 Å². The van der Waals surface area contributed by atoms with Crippen molar-refractivity contribution in [3.63, 3.8) is 0 Å². The van der Waals surface area contributed by atoms with Crippen LogP contribution in [0.2, 0.25) is 5.28 Å². The summed E-state index contributed by atoms with van der Waals surface area (Å²) in [6.07, 6.45) is 3.24. The third kappa shape index (κ3) is 3.35. The Labute approximate surface area is 104 Å². The molecule has 0 aliphatic carbocycles. The van der Waals surface area contributed by atoms with Gasteiger partial charge in [0.25, 0.3) is 0 Å². The van der Waals surface area contributed by atoms with Crippen LogP contribution in [-0.4, -0.2) is 38.1 Å². The van der Waals surface area contributed by atoms with Gasteiger partial charge in [0.2, 0.25) is 15.3 Å². The van der Waals surface area contributed by atoms with Gasteiger partial charge in [-0.15, -0.1) is 0 Å². The van der Waals surface area contributed by atoms with Crippen molar-refractivity contribution >= 4 is 21.6 Å². The first kappa shape index (κ1) is 12.7. The second-order valence-electron chi connectivity index (χ2n) is 3.77. The van der Waals surface area contributed by atoms with Crippen molar-refractivity contribution in [2.24, 2.45) is 5.92 Å². The van der Waals surface area contributed by atoms with Gasteiger partial charge in [-0.25, -0.2) is 23.1 Å². The van der Waals surface area contributed by atoms with E-state index in [4.69, 9.17) is 16.3 Å². The molecule has 0 amide bonds. The highest BCUT2D eigenvalue weighted by atomic mass is 35.5. The van der Waals surface area contributed by atoms with Crippen LogP contribution in [0.25, 0.3) is 0 Å². The van der Waals surface area contributed by atoms with Gasteiger partial charge in [-0.1, -0.05) is 0 Å². The van der Waals surface area contributed by atoms with Crippen LogP contribution in [0.5, 0.6) is 0 Å². The highest BCUT2D eigenvalue weighted by molar-refractivity contribution is 7.89. The highest BCUT2D eigenvalue weighted by Crippen LogP contribution is 2.13. The first-order valence-corrected chi connectivity index (χ1v) is 6.99. The van der Waals surface area contributed by atoms with Crippen molar-refractivity contribution in [2.75, 3.05) is 19.8 Å². The molecule has 1 atom stereocenters. The topological polar surface area (TPSA) is 81.2 Å². The lowest BCUT2D eigenvalue weighted by Crippen LogP contribution is -2.29. The Bertz CT molecular complexity index is 471. The minimum Gasteiger partial charge on any atom is -0.381 e. The van der Waals surface area contributed by atoms with Crippen LogP contribution < -0.4 is 4.72 Å². The molecule has 2 heterocycles. The van der Waals surface area contributed by atoms with Gasteiger partial charge in [-0.05, 0) is 23.9 Å². The zero-order chi connectivity index (χ0) is 12.3. The summed E-state index contributed by atoms with van der Waals surface area (Å²) in [6.45, 7) is 1.65. The van der Waals surface area contributed by atoms with E-state index in [1.54, 1.807) is 0 Å². The summed E-state index contributed by atoms with van der Waals surface area (Å²) in [4.78, 5) is 7.29. The predicted molar refractivity (Wildman–Crippen MR) is 61.2 cm³/mol. The van der Waals surface area contributed by atoms with Gasteiger partial charge in [0, 0.05) is 13.2 Å². The minimum absolute atomic E-state index is 0.0146. The van der Waals surface area contributed by atoms with Crippen LogP contribution in [0.1, 0.15) is 6.42 Å². The maximum atomic E-state index is 11.8. The predicted octanol–water partition coefficient (Wildman–Crippen LogP) is 0.445. The molecule has 0 radical (unpaired) electrons. The summed E-state index contributed by atoms with van der Waals surface area (Å²) in [6, 6.07) is 0. The van der Waals surface area contributed by atoms with E-state index in [1.807, 2.05) is 0 Å². The smallest absolute Gasteiger partial charge is 0.243 e. The van der Waals surface area contributed by atoms with E-state index in [1.165, 1.54) is 12.4 Å². The van der Waals surface area contributed by atoms with Gasteiger partial charge in [-0.3, -0.25) is 0 Å². The van der Waals surface area contributed by atoms with Crippen molar-refractivity contribution in [3.05, 3.63) is 17.7 Å². The Balaban J connectivity index is 2.00. The molecule has 1 aromatic rings. The van der Waals surface area contributed by atoms with Crippen molar-refractivity contribution in [1.82, 2.24) is 14.7 Å². The van der Waals surface area contributed by atoms with Gasteiger partial charge >= 0.3 is 0 Å². The number of ether oxygens (including phenoxy) is 1. The Kier molecular flexibility index (Phi) is 3.93. The maximum Gasteiger partial charge on any atom is 0.243 e. The molecule has 1 aromatic heterocycles. The van der Waals surface area contributed by atoms with Crippen LogP contribution in [0, 0.1) is 5.92 Å². The maximum absolute atomic E-state index is 11.8. The quantitative estimate of drug-likeness (QED) is 0.808. The molecule has 2 rings (SSSR count). The van der Waals surface area contributed by atoms with Gasteiger partial charge < -0.3 is 4.74 Å². The lowest BCUT2D eigenvalue weighted by atomic mass is 10.1. The number of aromatic nitrogens is 2. The zero-order valence-corrected chi connectivity index (χ0v) is 10.5. The Hall–Kier alpha value is -0.760. The first-order valence-electron chi connectivity index (χ1n) is 5.13. The summed E-state index contributed by atoms with van der Waals surface area (Å²) in [5.74, 6) is 0.234. The number of hydrogen-bond donors (Lipinski definition) is 1. The van der Waals surface area contributed by atoms with Crippen molar-refractivity contribution in [3.8, 4) is 0 Å². The lowest BCUT2D eigenvalue weighted by molar-refractivity contribution is 0.186. The SMILES string of the molecule is O=S(=O)(NCC1CCOC1)c1cnc(Cl)nc1. The molecule has 0 saturated carbocycles. The van der Waals surface area contributed by atoms with Gasteiger partial charge in [0.05, 0.1) is 19.0 Å². The fourth-order valence-corrected chi connectivity index (χ4v) is 2.60. The molecule has 6 nitrogen and oxygen atoms in total. The summed E-state index contributed by atoms with van der Waals surface area (Å²) < 4.78 is 31.3. The molecular weight excluding hydrogens is 266 g/mol. The Morgan fingerprint density at radius 1 is 1.47 bits per heavy atom. The average molecular weight is 278 g/mol. The molecule has 17 heavy (non-hydrogen) atoms. The highest BCUT2D eigenvalue weighted by Gasteiger charge is 2.20. The second kappa shape index (κ2) is 5.26. The number of rotatable bonds is 4. The normalized spacial score (nSPS) is 20.6. The molecule has 0 bridgehead atoms. The fraction of sp³-hybridized carbons (Fsp3) is 0.556. The number of hydrogen-bond acceptors (Lipinski definition) is 5. The summed E-state index contributed by atoms with van der Waals surface area (Å²) in [5, 5.41) is 0.0214. The molecular formula is C9H12ClN3O3S. The second-order valence-corrected chi connectivity index (χ2v) is 5.87.